The standard InChI is InChI=1S/C38H44N8O3/c1-37(2,44-18-20-45(21-19-44)38(3)25-48-26-38)22-28(23-39)36(47)43-17-7-8-29(24-43)46-32-15-16-41-35(40)33(32)34(42-46)27-11-13-31(14-12-27)49-30-9-5-4-6-10-30/h4-6,9-16,22,29H,7-8,17-21,24-26H2,1-3H3,(H2,40,41)/b28-22-/t29-/m1/s1. The van der Waals surface area contributed by atoms with E-state index in [9.17, 15) is 10.1 Å². The van der Waals surface area contributed by atoms with Crippen molar-refractivity contribution in [3.05, 3.63) is 78.5 Å². The molecule has 0 aliphatic carbocycles. The smallest absolute Gasteiger partial charge is 0.264 e. The van der Waals surface area contributed by atoms with Crippen LogP contribution in [0.3, 0.4) is 0 Å². The number of nitriles is 1. The van der Waals surface area contributed by atoms with E-state index >= 15 is 0 Å². The van der Waals surface area contributed by atoms with Crippen LogP contribution >= 0.6 is 0 Å². The number of fused-ring (bicyclic) bond motifs is 1. The molecule has 0 radical (unpaired) electrons. The molecule has 0 unspecified atom stereocenters. The number of likely N-dealkylation sites (tertiary alicyclic amines) is 1. The van der Waals surface area contributed by atoms with Gasteiger partial charge in [-0.25, -0.2) is 4.98 Å². The third-order valence-corrected chi connectivity index (χ3v) is 10.3. The van der Waals surface area contributed by atoms with Crippen LogP contribution in [0.4, 0.5) is 5.82 Å². The summed E-state index contributed by atoms with van der Waals surface area (Å²) in [4.78, 5) is 25.0. The molecule has 1 atom stereocenters. The lowest BCUT2D eigenvalue weighted by molar-refractivity contribution is -0.142. The fraction of sp³-hybridized carbons (Fsp3) is 0.421. The van der Waals surface area contributed by atoms with Gasteiger partial charge in [0.15, 0.2) is 0 Å². The van der Waals surface area contributed by atoms with Crippen LogP contribution in [0, 0.1) is 11.3 Å². The normalized spacial score (nSPS) is 20.5. The lowest BCUT2D eigenvalue weighted by Crippen LogP contribution is -2.66. The van der Waals surface area contributed by atoms with E-state index < -0.39 is 5.54 Å². The summed E-state index contributed by atoms with van der Waals surface area (Å²) in [6.45, 7) is 12.6. The average Bonchev–Trinajstić information content (AvgIpc) is 3.51. The van der Waals surface area contributed by atoms with Crippen molar-refractivity contribution >= 4 is 22.6 Å². The second-order valence-electron chi connectivity index (χ2n) is 14.2. The quantitative estimate of drug-likeness (QED) is 0.199. The molecule has 5 heterocycles. The molecule has 0 saturated carbocycles. The number of aromatic nitrogens is 3. The first-order chi connectivity index (χ1) is 23.6. The molecule has 2 aromatic carbocycles. The number of carbonyl (C=O) groups is 1. The Labute approximate surface area is 287 Å². The average molecular weight is 661 g/mol. The van der Waals surface area contributed by atoms with Gasteiger partial charge in [0.25, 0.3) is 5.91 Å². The molecule has 4 aromatic rings. The molecule has 3 saturated heterocycles. The molecule has 11 heteroatoms. The number of pyridine rings is 1. The first-order valence-corrected chi connectivity index (χ1v) is 17.1. The Morgan fingerprint density at radius 1 is 1.04 bits per heavy atom. The molecule has 49 heavy (non-hydrogen) atoms. The highest BCUT2D eigenvalue weighted by Crippen LogP contribution is 2.36. The lowest BCUT2D eigenvalue weighted by atomic mass is 9.94. The SMILES string of the molecule is CC(C)(/C=C(/C#N)C(=O)N1CCC[C@@H](n2nc(-c3ccc(Oc4ccccc4)cc3)c3c(N)nccc32)C1)N1CCN(C2(C)COC2)CC1. The number of hydrogen-bond donors (Lipinski definition) is 1. The zero-order chi connectivity index (χ0) is 34.2. The van der Waals surface area contributed by atoms with Crippen molar-refractivity contribution < 1.29 is 14.3 Å². The number of benzene rings is 2. The summed E-state index contributed by atoms with van der Waals surface area (Å²) in [7, 11) is 0. The van der Waals surface area contributed by atoms with Gasteiger partial charge >= 0.3 is 0 Å². The number of piperazine rings is 1. The topological polar surface area (TPSA) is 126 Å². The Balaban J connectivity index is 1.09. The molecular weight excluding hydrogens is 616 g/mol. The molecule has 3 fully saturated rings. The highest BCUT2D eigenvalue weighted by atomic mass is 16.5. The lowest BCUT2D eigenvalue weighted by Gasteiger charge is -2.52. The maximum absolute atomic E-state index is 13.9. The van der Waals surface area contributed by atoms with E-state index in [-0.39, 0.29) is 23.1 Å². The van der Waals surface area contributed by atoms with E-state index in [1.54, 1.807) is 6.20 Å². The van der Waals surface area contributed by atoms with Crippen molar-refractivity contribution in [1.29, 1.82) is 5.26 Å². The Kier molecular flexibility index (Phi) is 8.88. The highest BCUT2D eigenvalue weighted by Gasteiger charge is 2.42. The summed E-state index contributed by atoms with van der Waals surface area (Å²) >= 11 is 0. The van der Waals surface area contributed by atoms with Crippen molar-refractivity contribution in [2.75, 3.05) is 58.2 Å². The number of rotatable bonds is 8. The zero-order valence-electron chi connectivity index (χ0n) is 28.5. The molecule has 0 spiro atoms. The highest BCUT2D eigenvalue weighted by molar-refractivity contribution is 6.00. The number of carbonyl (C=O) groups excluding carboxylic acids is 1. The van der Waals surface area contributed by atoms with Crippen molar-refractivity contribution in [3.63, 3.8) is 0 Å². The Hall–Kier alpha value is -4.76. The molecule has 0 bridgehead atoms. The second-order valence-corrected chi connectivity index (χ2v) is 14.2. The number of amides is 1. The van der Waals surface area contributed by atoms with Gasteiger partial charge in [-0.05, 0) is 82.2 Å². The van der Waals surface area contributed by atoms with Gasteiger partial charge in [-0.15, -0.1) is 0 Å². The minimum atomic E-state index is -0.446. The first-order valence-electron chi connectivity index (χ1n) is 17.1. The number of anilines is 1. The number of piperidine rings is 1. The summed E-state index contributed by atoms with van der Waals surface area (Å²) in [6, 6.07) is 21.5. The number of para-hydroxylation sites is 1. The van der Waals surface area contributed by atoms with Gasteiger partial charge in [0, 0.05) is 56.6 Å². The Bertz CT molecular complexity index is 1880. The van der Waals surface area contributed by atoms with Crippen molar-refractivity contribution in [2.24, 2.45) is 0 Å². The van der Waals surface area contributed by atoms with E-state index in [2.05, 4.69) is 41.6 Å². The molecule has 1 amide bonds. The summed E-state index contributed by atoms with van der Waals surface area (Å²) in [5, 5.41) is 16.1. The third-order valence-electron chi connectivity index (χ3n) is 10.3. The van der Waals surface area contributed by atoms with Gasteiger partial charge in [-0.3, -0.25) is 19.3 Å². The van der Waals surface area contributed by atoms with Crippen LogP contribution in [0.5, 0.6) is 11.5 Å². The molecular formula is C38H44N8O3. The van der Waals surface area contributed by atoms with E-state index in [0.29, 0.717) is 18.9 Å². The van der Waals surface area contributed by atoms with Gasteiger partial charge in [0.1, 0.15) is 34.7 Å². The molecule has 3 aliphatic heterocycles. The number of ether oxygens (including phenoxy) is 2. The summed E-state index contributed by atoms with van der Waals surface area (Å²) in [6.07, 6.45) is 5.20. The minimum absolute atomic E-state index is 0.0886. The molecule has 254 valence electrons. The summed E-state index contributed by atoms with van der Waals surface area (Å²) in [5.41, 5.74) is 8.80. The third kappa shape index (κ3) is 6.52. The molecule has 2 N–H and O–H groups in total. The van der Waals surface area contributed by atoms with Gasteiger partial charge in [-0.1, -0.05) is 18.2 Å². The molecule has 11 nitrogen and oxygen atoms in total. The van der Waals surface area contributed by atoms with Crippen molar-refractivity contribution in [3.8, 4) is 28.8 Å². The Morgan fingerprint density at radius 3 is 2.43 bits per heavy atom. The van der Waals surface area contributed by atoms with E-state index in [0.717, 1.165) is 85.9 Å². The van der Waals surface area contributed by atoms with Gasteiger partial charge in [0.05, 0.1) is 35.7 Å². The molecule has 2 aromatic heterocycles. The number of nitrogens with zero attached hydrogens (tertiary/aromatic N) is 7. The number of nitrogen functional groups attached to an aromatic ring is 1. The first kappa shape index (κ1) is 32.8. The van der Waals surface area contributed by atoms with Gasteiger partial charge < -0.3 is 20.1 Å². The zero-order valence-corrected chi connectivity index (χ0v) is 28.5. The number of hydrogen-bond acceptors (Lipinski definition) is 9. The fourth-order valence-electron chi connectivity index (χ4n) is 7.40. The van der Waals surface area contributed by atoms with Crippen LogP contribution < -0.4 is 10.5 Å². The fourth-order valence-corrected chi connectivity index (χ4v) is 7.40. The summed E-state index contributed by atoms with van der Waals surface area (Å²) in [5.74, 6) is 1.65. The monoisotopic (exact) mass is 660 g/mol. The minimum Gasteiger partial charge on any atom is -0.457 e. The van der Waals surface area contributed by atoms with Crippen LogP contribution in [0.25, 0.3) is 22.2 Å². The van der Waals surface area contributed by atoms with E-state index in [1.165, 1.54) is 0 Å². The van der Waals surface area contributed by atoms with E-state index in [4.69, 9.17) is 20.3 Å². The second kappa shape index (κ2) is 13.3. The van der Waals surface area contributed by atoms with Crippen molar-refractivity contribution in [1.82, 2.24) is 29.5 Å². The predicted molar refractivity (Wildman–Crippen MR) is 189 cm³/mol. The van der Waals surface area contributed by atoms with Crippen LogP contribution in [-0.2, 0) is 9.53 Å². The maximum atomic E-state index is 13.9. The largest absolute Gasteiger partial charge is 0.457 e. The molecule has 7 rings (SSSR count). The van der Waals surface area contributed by atoms with Crippen LogP contribution in [0.1, 0.15) is 39.7 Å². The summed E-state index contributed by atoms with van der Waals surface area (Å²) < 4.78 is 13.5. The maximum Gasteiger partial charge on any atom is 0.264 e. The predicted octanol–water partition coefficient (Wildman–Crippen LogP) is 5.27. The molecule has 3 aliphatic rings. The van der Waals surface area contributed by atoms with Gasteiger partial charge in [-0.2, -0.15) is 10.4 Å². The van der Waals surface area contributed by atoms with E-state index in [1.807, 2.05) is 76.3 Å². The van der Waals surface area contributed by atoms with Crippen LogP contribution in [-0.4, -0.2) is 98.9 Å². The Morgan fingerprint density at radius 2 is 1.76 bits per heavy atom. The van der Waals surface area contributed by atoms with Crippen LogP contribution in [0.15, 0.2) is 78.5 Å². The number of nitrogens with two attached hydrogens (primary N) is 1. The van der Waals surface area contributed by atoms with Crippen molar-refractivity contribution in [2.45, 2.75) is 50.7 Å². The van der Waals surface area contributed by atoms with Crippen LogP contribution in [0.2, 0.25) is 0 Å². The van der Waals surface area contributed by atoms with Gasteiger partial charge in [0.2, 0.25) is 0 Å².